The summed E-state index contributed by atoms with van der Waals surface area (Å²) in [5.41, 5.74) is 2.58. The fourth-order valence-corrected chi connectivity index (χ4v) is 3.17. The van der Waals surface area contributed by atoms with E-state index < -0.39 is 6.43 Å². The maximum atomic E-state index is 13.5. The minimum Gasteiger partial charge on any atom is -0.239 e. The zero-order valence-corrected chi connectivity index (χ0v) is 12.8. The van der Waals surface area contributed by atoms with E-state index in [1.54, 1.807) is 25.1 Å². The van der Waals surface area contributed by atoms with E-state index in [0.717, 1.165) is 16.6 Å². The Balaban J connectivity index is 2.39. The first kappa shape index (κ1) is 15.0. The number of aromatic nitrogens is 2. The van der Waals surface area contributed by atoms with Gasteiger partial charge in [0.05, 0.1) is 5.69 Å². The smallest absolute Gasteiger partial charge is 0.239 e. The molecule has 22 heavy (non-hydrogen) atoms. The number of alkyl halides is 2. The summed E-state index contributed by atoms with van der Waals surface area (Å²) >= 11 is -0.0210. The van der Waals surface area contributed by atoms with E-state index in [2.05, 4.69) is 4.98 Å². The van der Waals surface area contributed by atoms with Crippen LogP contribution in [0.3, 0.4) is 0 Å². The van der Waals surface area contributed by atoms with Gasteiger partial charge in [-0.1, -0.05) is 24.3 Å². The summed E-state index contributed by atoms with van der Waals surface area (Å²) in [5.74, 6) is 0. The monoisotopic (exact) mass is 322 g/mol. The van der Waals surface area contributed by atoms with Gasteiger partial charge < -0.3 is 0 Å². The Morgan fingerprint density at radius 2 is 1.82 bits per heavy atom. The van der Waals surface area contributed by atoms with Crippen molar-refractivity contribution in [1.29, 1.82) is 0 Å². The molecule has 0 N–H and O–H groups in total. The number of fused-ring (bicyclic) bond motifs is 1. The van der Waals surface area contributed by atoms with Gasteiger partial charge in [-0.05, 0) is 31.5 Å². The van der Waals surface area contributed by atoms with Crippen molar-refractivity contribution in [3.63, 3.8) is 0 Å². The highest BCUT2D eigenvalue weighted by Gasteiger charge is 2.22. The van der Waals surface area contributed by atoms with Gasteiger partial charge in [-0.2, -0.15) is 0 Å². The molecular formula is C16H13F3N2S. The highest BCUT2D eigenvalue weighted by Crippen LogP contribution is 2.39. The first-order valence-corrected chi connectivity index (χ1v) is 7.37. The van der Waals surface area contributed by atoms with Crippen LogP contribution in [0, 0.1) is 13.8 Å². The average molecular weight is 322 g/mol. The SMILES string of the molecule is Cc1ccc2c(C)c(-c3ccccc3C(F)F)n(SF)c2n1. The van der Waals surface area contributed by atoms with Gasteiger partial charge >= 0.3 is 0 Å². The van der Waals surface area contributed by atoms with Crippen molar-refractivity contribution in [3.05, 3.63) is 53.2 Å². The van der Waals surface area contributed by atoms with Crippen LogP contribution in [0.4, 0.5) is 12.7 Å². The lowest BCUT2D eigenvalue weighted by molar-refractivity contribution is 0.152. The molecule has 2 aromatic heterocycles. The van der Waals surface area contributed by atoms with Crippen LogP contribution in [-0.4, -0.2) is 8.96 Å². The minimum atomic E-state index is -2.62. The molecule has 0 saturated carbocycles. The second kappa shape index (κ2) is 5.68. The molecule has 0 saturated heterocycles. The molecule has 0 atom stereocenters. The number of hydrogen-bond acceptors (Lipinski definition) is 2. The third-order valence-electron chi connectivity index (χ3n) is 3.69. The largest absolute Gasteiger partial charge is 0.264 e. The highest BCUT2D eigenvalue weighted by atomic mass is 32.2. The standard InChI is InChI=1S/C16H13F3N2S/c1-9-7-8-11-10(2)14(21(22-19)16(11)20-9)12-5-3-4-6-13(12)15(17)18/h3-8,15H,1-2H3. The molecule has 0 bridgehead atoms. The lowest BCUT2D eigenvalue weighted by atomic mass is 10.0. The summed E-state index contributed by atoms with van der Waals surface area (Å²) < 4.78 is 41.4. The molecule has 3 aromatic rings. The summed E-state index contributed by atoms with van der Waals surface area (Å²) in [6.45, 7) is 3.60. The van der Waals surface area contributed by atoms with Crippen LogP contribution in [0.2, 0.25) is 0 Å². The molecule has 0 spiro atoms. The molecule has 3 rings (SSSR count). The molecule has 0 radical (unpaired) electrons. The van der Waals surface area contributed by atoms with E-state index in [1.165, 1.54) is 10.0 Å². The van der Waals surface area contributed by atoms with Crippen LogP contribution in [-0.2, 0) is 0 Å². The van der Waals surface area contributed by atoms with Gasteiger partial charge in [0.1, 0.15) is 0 Å². The van der Waals surface area contributed by atoms with E-state index in [4.69, 9.17) is 0 Å². The predicted molar refractivity (Wildman–Crippen MR) is 83.7 cm³/mol. The van der Waals surface area contributed by atoms with Gasteiger partial charge in [0, 0.05) is 22.2 Å². The predicted octanol–water partition coefficient (Wildman–Crippen LogP) is 5.64. The number of benzene rings is 1. The first-order chi connectivity index (χ1) is 10.5. The van der Waals surface area contributed by atoms with Crippen LogP contribution in [0.15, 0.2) is 36.4 Å². The Morgan fingerprint density at radius 3 is 2.50 bits per heavy atom. The summed E-state index contributed by atoms with van der Waals surface area (Å²) in [7, 11) is 0. The quantitative estimate of drug-likeness (QED) is 0.621. The Kier molecular flexibility index (Phi) is 3.87. The topological polar surface area (TPSA) is 17.8 Å². The number of rotatable bonds is 3. The maximum absolute atomic E-state index is 13.5. The zero-order chi connectivity index (χ0) is 15.9. The van der Waals surface area contributed by atoms with Gasteiger partial charge in [-0.25, -0.2) is 17.7 Å². The summed E-state index contributed by atoms with van der Waals surface area (Å²) in [5, 5.41) is 0.759. The van der Waals surface area contributed by atoms with Gasteiger partial charge in [-0.15, -0.1) is 3.89 Å². The van der Waals surface area contributed by atoms with Crippen molar-refractivity contribution >= 4 is 23.4 Å². The average Bonchev–Trinajstić information content (AvgIpc) is 2.78. The molecule has 2 nitrogen and oxygen atoms in total. The molecule has 0 fully saturated rings. The number of hydrogen-bond donors (Lipinski definition) is 0. The molecular weight excluding hydrogens is 309 g/mol. The lowest BCUT2D eigenvalue weighted by Crippen LogP contribution is -1.96. The molecule has 0 amide bonds. The van der Waals surface area contributed by atoms with Gasteiger partial charge in [-0.3, -0.25) is 0 Å². The van der Waals surface area contributed by atoms with E-state index >= 15 is 0 Å². The fraction of sp³-hybridized carbons (Fsp3) is 0.188. The van der Waals surface area contributed by atoms with E-state index in [0.29, 0.717) is 16.9 Å². The Bertz CT molecular complexity index is 843. The highest BCUT2D eigenvalue weighted by molar-refractivity contribution is 7.93. The Hall–Kier alpha value is -1.95. The van der Waals surface area contributed by atoms with Crippen LogP contribution in [0.5, 0.6) is 0 Å². The molecule has 0 unspecified atom stereocenters. The Morgan fingerprint density at radius 1 is 1.09 bits per heavy atom. The van der Waals surface area contributed by atoms with Gasteiger partial charge in [0.25, 0.3) is 6.43 Å². The number of pyridine rings is 1. The number of aryl methyl sites for hydroxylation is 2. The van der Waals surface area contributed by atoms with Crippen molar-refractivity contribution in [3.8, 4) is 11.3 Å². The van der Waals surface area contributed by atoms with E-state index in [9.17, 15) is 12.7 Å². The Labute approximate surface area is 130 Å². The van der Waals surface area contributed by atoms with Crippen LogP contribution in [0.25, 0.3) is 22.3 Å². The van der Waals surface area contributed by atoms with Crippen molar-refractivity contribution in [1.82, 2.24) is 8.96 Å². The molecule has 1 aromatic carbocycles. The van der Waals surface area contributed by atoms with Crippen molar-refractivity contribution in [2.75, 3.05) is 0 Å². The van der Waals surface area contributed by atoms with Crippen LogP contribution < -0.4 is 0 Å². The zero-order valence-electron chi connectivity index (χ0n) is 12.0. The van der Waals surface area contributed by atoms with Gasteiger partial charge in [0.15, 0.2) is 18.0 Å². The summed E-state index contributed by atoms with van der Waals surface area (Å²) in [4.78, 5) is 4.34. The molecule has 0 aliphatic heterocycles. The van der Waals surface area contributed by atoms with Crippen molar-refractivity contribution in [2.24, 2.45) is 0 Å². The third-order valence-corrected chi connectivity index (χ3v) is 4.18. The number of nitrogens with zero attached hydrogens (tertiary/aromatic N) is 2. The first-order valence-electron chi connectivity index (χ1n) is 6.69. The normalized spacial score (nSPS) is 11.5. The van der Waals surface area contributed by atoms with Crippen molar-refractivity contribution < 1.29 is 12.7 Å². The molecule has 0 aliphatic rings. The molecule has 114 valence electrons. The molecule has 0 aliphatic carbocycles. The minimum absolute atomic E-state index is 0.0210. The number of halogens is 3. The van der Waals surface area contributed by atoms with Crippen LogP contribution in [0.1, 0.15) is 23.2 Å². The van der Waals surface area contributed by atoms with E-state index in [1.807, 2.05) is 19.1 Å². The lowest BCUT2D eigenvalue weighted by Gasteiger charge is -2.11. The van der Waals surface area contributed by atoms with Crippen molar-refractivity contribution in [2.45, 2.75) is 20.3 Å². The van der Waals surface area contributed by atoms with E-state index in [-0.39, 0.29) is 17.9 Å². The second-order valence-electron chi connectivity index (χ2n) is 5.05. The molecule has 6 heteroatoms. The molecule has 2 heterocycles. The summed E-state index contributed by atoms with van der Waals surface area (Å²) in [6.07, 6.45) is -2.62. The second-order valence-corrected chi connectivity index (χ2v) is 5.55. The van der Waals surface area contributed by atoms with Gasteiger partial charge in [0.2, 0.25) is 0 Å². The third kappa shape index (κ3) is 2.27. The fourth-order valence-electron chi connectivity index (χ4n) is 2.66. The maximum Gasteiger partial charge on any atom is 0.264 e. The summed E-state index contributed by atoms with van der Waals surface area (Å²) in [6, 6.07) is 9.84. The van der Waals surface area contributed by atoms with Crippen LogP contribution >= 0.6 is 12.3 Å².